The van der Waals surface area contributed by atoms with Crippen LogP contribution in [0.2, 0.25) is 0 Å². The molecule has 0 N–H and O–H groups in total. The Labute approximate surface area is 70.5 Å². The summed E-state index contributed by atoms with van der Waals surface area (Å²) < 4.78 is 7.27. The SMILES string of the molecule is c1ncn(CC2CC3OC3C2)n1. The van der Waals surface area contributed by atoms with Gasteiger partial charge in [0.15, 0.2) is 0 Å². The normalized spacial score (nSPS) is 38.2. The van der Waals surface area contributed by atoms with Crippen molar-refractivity contribution >= 4 is 0 Å². The Balaban J connectivity index is 1.62. The standard InChI is InChI=1S/C8H11N3O/c1-6(2-8-7(1)12-8)3-11-5-9-4-10-11/h4-8H,1-3H2. The lowest BCUT2D eigenvalue weighted by atomic mass is 10.1. The van der Waals surface area contributed by atoms with Crippen molar-refractivity contribution < 1.29 is 4.74 Å². The molecule has 0 aromatic carbocycles. The second kappa shape index (κ2) is 2.29. The van der Waals surface area contributed by atoms with Gasteiger partial charge in [-0.05, 0) is 18.8 Å². The second-order valence-corrected chi connectivity index (χ2v) is 3.67. The molecule has 1 aliphatic carbocycles. The van der Waals surface area contributed by atoms with Gasteiger partial charge in [0.05, 0.1) is 12.2 Å². The number of aromatic nitrogens is 3. The Hall–Kier alpha value is -0.900. The van der Waals surface area contributed by atoms with Crippen LogP contribution in [0.5, 0.6) is 0 Å². The van der Waals surface area contributed by atoms with Crippen LogP contribution in [0, 0.1) is 5.92 Å². The lowest BCUT2D eigenvalue weighted by molar-refractivity contribution is 0.253. The Morgan fingerprint density at radius 3 is 2.92 bits per heavy atom. The summed E-state index contributed by atoms with van der Waals surface area (Å²) in [4.78, 5) is 3.92. The molecule has 0 bridgehead atoms. The van der Waals surface area contributed by atoms with Crippen LogP contribution in [0.4, 0.5) is 0 Å². The molecule has 2 aliphatic rings. The van der Waals surface area contributed by atoms with Crippen molar-refractivity contribution in [1.29, 1.82) is 0 Å². The van der Waals surface area contributed by atoms with E-state index in [1.54, 1.807) is 12.7 Å². The smallest absolute Gasteiger partial charge is 0.137 e. The summed E-state index contributed by atoms with van der Waals surface area (Å²) in [7, 11) is 0. The van der Waals surface area contributed by atoms with Crippen LogP contribution in [-0.2, 0) is 11.3 Å². The fraction of sp³-hybridized carbons (Fsp3) is 0.750. The molecule has 1 aliphatic heterocycles. The van der Waals surface area contributed by atoms with E-state index in [0.29, 0.717) is 12.2 Å². The van der Waals surface area contributed by atoms with E-state index >= 15 is 0 Å². The van der Waals surface area contributed by atoms with Crippen molar-refractivity contribution in [1.82, 2.24) is 14.8 Å². The van der Waals surface area contributed by atoms with Crippen LogP contribution in [0.25, 0.3) is 0 Å². The molecule has 0 amide bonds. The van der Waals surface area contributed by atoms with E-state index < -0.39 is 0 Å². The average molecular weight is 165 g/mol. The Bertz CT molecular complexity index is 262. The molecular weight excluding hydrogens is 154 g/mol. The van der Waals surface area contributed by atoms with E-state index in [-0.39, 0.29) is 0 Å². The summed E-state index contributed by atoms with van der Waals surface area (Å²) in [5.74, 6) is 0.760. The molecule has 4 heteroatoms. The first-order chi connectivity index (χ1) is 5.92. The summed E-state index contributed by atoms with van der Waals surface area (Å²) in [5, 5.41) is 4.08. The fourth-order valence-corrected chi connectivity index (χ4v) is 2.09. The number of rotatable bonds is 2. The van der Waals surface area contributed by atoms with Gasteiger partial charge >= 0.3 is 0 Å². The van der Waals surface area contributed by atoms with Gasteiger partial charge in [-0.25, -0.2) is 4.98 Å². The molecule has 4 nitrogen and oxygen atoms in total. The number of fused-ring (bicyclic) bond motifs is 1. The van der Waals surface area contributed by atoms with Crippen molar-refractivity contribution in [2.45, 2.75) is 31.6 Å². The van der Waals surface area contributed by atoms with Crippen molar-refractivity contribution in [2.75, 3.05) is 0 Å². The van der Waals surface area contributed by atoms with Crippen LogP contribution >= 0.6 is 0 Å². The van der Waals surface area contributed by atoms with Gasteiger partial charge in [0.25, 0.3) is 0 Å². The number of ether oxygens (including phenoxy) is 1. The first kappa shape index (κ1) is 6.60. The van der Waals surface area contributed by atoms with Crippen molar-refractivity contribution in [3.05, 3.63) is 12.7 Å². The van der Waals surface area contributed by atoms with E-state index in [4.69, 9.17) is 4.74 Å². The van der Waals surface area contributed by atoms with E-state index in [1.165, 1.54) is 12.8 Å². The maximum Gasteiger partial charge on any atom is 0.137 e. The third kappa shape index (κ3) is 1.03. The highest BCUT2D eigenvalue weighted by atomic mass is 16.6. The van der Waals surface area contributed by atoms with E-state index in [9.17, 15) is 0 Å². The van der Waals surface area contributed by atoms with Crippen molar-refractivity contribution in [3.63, 3.8) is 0 Å². The Morgan fingerprint density at radius 1 is 1.42 bits per heavy atom. The van der Waals surface area contributed by atoms with Crippen molar-refractivity contribution in [3.8, 4) is 0 Å². The number of hydrogen-bond donors (Lipinski definition) is 0. The Morgan fingerprint density at radius 2 is 2.25 bits per heavy atom. The minimum absolute atomic E-state index is 0.582. The predicted octanol–water partition coefficient (Wildman–Crippen LogP) is 0.456. The highest BCUT2D eigenvalue weighted by molar-refractivity contribution is 4.95. The molecule has 2 unspecified atom stereocenters. The van der Waals surface area contributed by atoms with E-state index in [1.807, 2.05) is 4.68 Å². The molecule has 64 valence electrons. The number of nitrogens with zero attached hydrogens (tertiary/aromatic N) is 3. The third-order valence-corrected chi connectivity index (χ3v) is 2.73. The molecule has 12 heavy (non-hydrogen) atoms. The van der Waals surface area contributed by atoms with E-state index in [0.717, 1.165) is 12.5 Å². The largest absolute Gasteiger partial charge is 0.370 e. The summed E-state index contributed by atoms with van der Waals surface area (Å²) in [6.45, 7) is 1.01. The fourth-order valence-electron chi connectivity index (χ4n) is 2.09. The summed E-state index contributed by atoms with van der Waals surface area (Å²) >= 11 is 0. The van der Waals surface area contributed by atoms with Crippen LogP contribution in [0.1, 0.15) is 12.8 Å². The highest BCUT2D eigenvalue weighted by Crippen LogP contribution is 2.42. The van der Waals surface area contributed by atoms with Gasteiger partial charge in [-0.1, -0.05) is 0 Å². The molecule has 2 atom stereocenters. The summed E-state index contributed by atoms with van der Waals surface area (Å²) in [5.41, 5.74) is 0. The first-order valence-electron chi connectivity index (χ1n) is 4.40. The average Bonchev–Trinajstić information content (AvgIpc) is 2.55. The molecule has 2 fully saturated rings. The van der Waals surface area contributed by atoms with Gasteiger partial charge in [0, 0.05) is 6.54 Å². The zero-order valence-electron chi connectivity index (χ0n) is 6.76. The van der Waals surface area contributed by atoms with Gasteiger partial charge in [-0.15, -0.1) is 0 Å². The summed E-state index contributed by atoms with van der Waals surface area (Å²) in [6, 6.07) is 0. The maximum atomic E-state index is 5.36. The zero-order valence-corrected chi connectivity index (χ0v) is 6.76. The first-order valence-corrected chi connectivity index (χ1v) is 4.40. The van der Waals surface area contributed by atoms with Crippen LogP contribution < -0.4 is 0 Å². The lowest BCUT2D eigenvalue weighted by Crippen LogP contribution is -2.10. The molecule has 2 heterocycles. The van der Waals surface area contributed by atoms with Gasteiger partial charge in [0.1, 0.15) is 12.7 Å². The van der Waals surface area contributed by atoms with Crippen LogP contribution in [0.3, 0.4) is 0 Å². The lowest BCUT2D eigenvalue weighted by Gasteiger charge is -2.09. The van der Waals surface area contributed by atoms with Crippen LogP contribution in [-0.4, -0.2) is 27.0 Å². The third-order valence-electron chi connectivity index (χ3n) is 2.73. The minimum atomic E-state index is 0.582. The van der Waals surface area contributed by atoms with Gasteiger partial charge in [-0.2, -0.15) is 5.10 Å². The molecule has 0 radical (unpaired) electrons. The van der Waals surface area contributed by atoms with Crippen LogP contribution in [0.15, 0.2) is 12.7 Å². The predicted molar refractivity (Wildman–Crippen MR) is 41.4 cm³/mol. The molecule has 1 aromatic rings. The molecule has 1 saturated carbocycles. The van der Waals surface area contributed by atoms with Gasteiger partial charge in [-0.3, -0.25) is 4.68 Å². The second-order valence-electron chi connectivity index (χ2n) is 3.67. The number of epoxide rings is 1. The summed E-state index contributed by atoms with van der Waals surface area (Å²) in [6.07, 6.45) is 6.96. The highest BCUT2D eigenvalue weighted by Gasteiger charge is 2.47. The molecular formula is C8H11N3O. The minimum Gasteiger partial charge on any atom is -0.370 e. The Kier molecular flexibility index (Phi) is 1.26. The molecule has 1 aromatic heterocycles. The molecule has 3 rings (SSSR count). The van der Waals surface area contributed by atoms with Gasteiger partial charge in [0.2, 0.25) is 0 Å². The maximum absolute atomic E-state index is 5.36. The molecule has 1 saturated heterocycles. The van der Waals surface area contributed by atoms with Gasteiger partial charge < -0.3 is 4.74 Å². The zero-order chi connectivity index (χ0) is 7.97. The van der Waals surface area contributed by atoms with E-state index in [2.05, 4.69) is 10.1 Å². The van der Waals surface area contributed by atoms with Crippen molar-refractivity contribution in [2.24, 2.45) is 5.92 Å². The quantitative estimate of drug-likeness (QED) is 0.598. The number of hydrogen-bond acceptors (Lipinski definition) is 3. The molecule has 0 spiro atoms. The topological polar surface area (TPSA) is 43.2 Å². The monoisotopic (exact) mass is 165 g/mol.